The molecule has 0 atom stereocenters. The van der Waals surface area contributed by atoms with Crippen LogP contribution in [-0.2, 0) is 6.42 Å². The zero-order chi connectivity index (χ0) is 20.1. The van der Waals surface area contributed by atoms with Crippen LogP contribution in [0, 0.1) is 5.82 Å². The van der Waals surface area contributed by atoms with E-state index < -0.39 is 11.7 Å². The molecule has 2 N–H and O–H groups in total. The molecule has 0 saturated heterocycles. The highest BCUT2D eigenvalue weighted by Gasteiger charge is 2.13. The van der Waals surface area contributed by atoms with Gasteiger partial charge in [-0.05, 0) is 42.3 Å². The van der Waals surface area contributed by atoms with Gasteiger partial charge in [-0.3, -0.25) is 14.6 Å². The number of carbonyl (C=O) groups is 2. The number of hydrogen-bond donors (Lipinski definition) is 2. The lowest BCUT2D eigenvalue weighted by Gasteiger charge is -2.10. The number of amides is 2. The maximum Gasteiger partial charge on any atom is 0.257 e. The minimum absolute atomic E-state index is 0.0985. The van der Waals surface area contributed by atoms with Gasteiger partial charge in [0.15, 0.2) is 0 Å². The lowest BCUT2D eigenvalue weighted by Crippen LogP contribution is -2.16. The molecule has 3 aromatic rings. The van der Waals surface area contributed by atoms with E-state index in [1.165, 1.54) is 30.6 Å². The fourth-order valence-corrected chi connectivity index (χ4v) is 2.79. The molecule has 0 aliphatic rings. The molecule has 3 rings (SSSR count). The molecule has 0 spiro atoms. The Morgan fingerprint density at radius 1 is 1.00 bits per heavy atom. The highest BCUT2D eigenvalue weighted by atomic mass is 35.5. The van der Waals surface area contributed by atoms with E-state index in [0.717, 1.165) is 18.1 Å². The fraction of sp³-hybridized carbons (Fsp3) is 0.0952. The number of para-hydroxylation sites is 1. The van der Waals surface area contributed by atoms with Gasteiger partial charge < -0.3 is 10.6 Å². The number of rotatable bonds is 5. The molecule has 2 aromatic carbocycles. The summed E-state index contributed by atoms with van der Waals surface area (Å²) in [5.41, 5.74) is 2.49. The Morgan fingerprint density at radius 3 is 2.36 bits per heavy atom. The number of aryl methyl sites for hydroxylation is 1. The quantitative estimate of drug-likeness (QED) is 0.640. The molecule has 0 bridgehead atoms. The summed E-state index contributed by atoms with van der Waals surface area (Å²) in [4.78, 5) is 29.0. The Morgan fingerprint density at radius 2 is 1.68 bits per heavy atom. The summed E-state index contributed by atoms with van der Waals surface area (Å²) in [6.45, 7) is 2.00. The number of halogens is 2. The first-order chi connectivity index (χ1) is 13.5. The summed E-state index contributed by atoms with van der Waals surface area (Å²) >= 11 is 5.72. The summed E-state index contributed by atoms with van der Waals surface area (Å²) < 4.78 is 13.2. The van der Waals surface area contributed by atoms with E-state index in [0.29, 0.717) is 11.4 Å². The average Bonchev–Trinajstić information content (AvgIpc) is 2.71. The number of hydrogen-bond acceptors (Lipinski definition) is 3. The molecule has 0 unspecified atom stereocenters. The third kappa shape index (κ3) is 4.53. The van der Waals surface area contributed by atoms with Gasteiger partial charge in [0.2, 0.25) is 0 Å². The van der Waals surface area contributed by atoms with Gasteiger partial charge in [-0.2, -0.15) is 0 Å². The Hall–Kier alpha value is -3.25. The molecule has 142 valence electrons. The Balaban J connectivity index is 1.76. The van der Waals surface area contributed by atoms with Crippen molar-refractivity contribution in [3.05, 3.63) is 88.5 Å². The number of pyridine rings is 1. The number of nitrogens with zero attached hydrogens (tertiary/aromatic N) is 1. The van der Waals surface area contributed by atoms with Gasteiger partial charge in [0.05, 0.1) is 16.1 Å². The van der Waals surface area contributed by atoms with Gasteiger partial charge in [-0.25, -0.2) is 4.39 Å². The second kappa shape index (κ2) is 8.63. The minimum atomic E-state index is -0.577. The number of anilines is 2. The molecule has 1 heterocycles. The predicted molar refractivity (Wildman–Crippen MR) is 107 cm³/mol. The van der Waals surface area contributed by atoms with E-state index in [1.807, 2.05) is 31.2 Å². The van der Waals surface area contributed by atoms with Crippen LogP contribution in [0.4, 0.5) is 15.8 Å². The van der Waals surface area contributed by atoms with Crippen molar-refractivity contribution < 1.29 is 14.0 Å². The van der Waals surface area contributed by atoms with Crippen LogP contribution >= 0.6 is 11.6 Å². The maximum atomic E-state index is 13.2. The van der Waals surface area contributed by atoms with Gasteiger partial charge >= 0.3 is 0 Å². The molecule has 0 radical (unpaired) electrons. The molecular formula is C21H17ClFN3O2. The molecule has 1 aromatic heterocycles. The van der Waals surface area contributed by atoms with Crippen molar-refractivity contribution in [3.8, 4) is 0 Å². The van der Waals surface area contributed by atoms with Crippen molar-refractivity contribution in [3.63, 3.8) is 0 Å². The van der Waals surface area contributed by atoms with Crippen molar-refractivity contribution in [2.45, 2.75) is 13.3 Å². The Labute approximate surface area is 166 Å². The second-order valence-corrected chi connectivity index (χ2v) is 6.42. The van der Waals surface area contributed by atoms with Gasteiger partial charge in [-0.15, -0.1) is 0 Å². The Kier molecular flexibility index (Phi) is 6.01. The Bertz CT molecular complexity index is 1040. The molecule has 2 amide bonds. The van der Waals surface area contributed by atoms with Gasteiger partial charge in [0.1, 0.15) is 5.82 Å². The SMILES string of the molecule is CCc1ccccc1NC(=O)c1cncc(C(=O)Nc2ccc(F)c(Cl)c2)c1. The molecule has 5 nitrogen and oxygen atoms in total. The van der Waals surface area contributed by atoms with Crippen molar-refractivity contribution in [1.29, 1.82) is 0 Å². The van der Waals surface area contributed by atoms with Crippen LogP contribution in [0.5, 0.6) is 0 Å². The summed E-state index contributed by atoms with van der Waals surface area (Å²) in [5, 5.41) is 5.34. The van der Waals surface area contributed by atoms with Crippen LogP contribution in [0.25, 0.3) is 0 Å². The molecule has 0 saturated carbocycles. The third-order valence-electron chi connectivity index (χ3n) is 4.09. The molecule has 0 aliphatic carbocycles. The highest BCUT2D eigenvalue weighted by molar-refractivity contribution is 6.31. The van der Waals surface area contributed by atoms with E-state index in [9.17, 15) is 14.0 Å². The number of benzene rings is 2. The van der Waals surface area contributed by atoms with Crippen LogP contribution in [0.3, 0.4) is 0 Å². The van der Waals surface area contributed by atoms with E-state index >= 15 is 0 Å². The van der Waals surface area contributed by atoms with Crippen LogP contribution in [0.2, 0.25) is 5.02 Å². The first-order valence-corrected chi connectivity index (χ1v) is 8.96. The minimum Gasteiger partial charge on any atom is -0.322 e. The topological polar surface area (TPSA) is 71.1 Å². The summed E-state index contributed by atoms with van der Waals surface area (Å²) in [7, 11) is 0. The first-order valence-electron chi connectivity index (χ1n) is 8.58. The van der Waals surface area contributed by atoms with E-state index in [4.69, 9.17) is 11.6 Å². The highest BCUT2D eigenvalue weighted by Crippen LogP contribution is 2.20. The standard InChI is InChI=1S/C21H17ClFN3O2/c1-2-13-5-3-4-6-19(13)26-21(28)15-9-14(11-24-12-15)20(27)25-16-7-8-18(23)17(22)10-16/h3-12H,2H2,1H3,(H,25,27)(H,26,28). The van der Waals surface area contributed by atoms with E-state index in [-0.39, 0.29) is 22.1 Å². The predicted octanol–water partition coefficient (Wildman–Crippen LogP) is 4.94. The number of carbonyl (C=O) groups excluding carboxylic acids is 2. The molecule has 0 aliphatic heterocycles. The number of aromatic nitrogens is 1. The normalized spacial score (nSPS) is 10.4. The second-order valence-electron chi connectivity index (χ2n) is 6.01. The van der Waals surface area contributed by atoms with Crippen molar-refractivity contribution in [2.75, 3.05) is 10.6 Å². The van der Waals surface area contributed by atoms with Crippen molar-refractivity contribution >= 4 is 34.8 Å². The van der Waals surface area contributed by atoms with Crippen LogP contribution in [0.15, 0.2) is 60.9 Å². The first kappa shape index (κ1) is 19.5. The van der Waals surface area contributed by atoms with Crippen LogP contribution < -0.4 is 10.6 Å². The maximum absolute atomic E-state index is 13.2. The summed E-state index contributed by atoms with van der Waals surface area (Å²) in [6.07, 6.45) is 3.50. The smallest absolute Gasteiger partial charge is 0.257 e. The average molecular weight is 398 g/mol. The van der Waals surface area contributed by atoms with Gasteiger partial charge in [0, 0.05) is 23.8 Å². The molecule has 7 heteroatoms. The molecule has 28 heavy (non-hydrogen) atoms. The van der Waals surface area contributed by atoms with E-state index in [1.54, 1.807) is 0 Å². The molecule has 0 fully saturated rings. The monoisotopic (exact) mass is 397 g/mol. The number of nitrogens with one attached hydrogen (secondary N) is 2. The van der Waals surface area contributed by atoms with Crippen LogP contribution in [-0.4, -0.2) is 16.8 Å². The van der Waals surface area contributed by atoms with E-state index in [2.05, 4.69) is 15.6 Å². The summed E-state index contributed by atoms with van der Waals surface area (Å²) in [5.74, 6) is -1.43. The molecular weight excluding hydrogens is 381 g/mol. The van der Waals surface area contributed by atoms with Crippen LogP contribution in [0.1, 0.15) is 33.2 Å². The third-order valence-corrected chi connectivity index (χ3v) is 4.38. The van der Waals surface area contributed by atoms with Gasteiger partial charge in [0.25, 0.3) is 11.8 Å². The van der Waals surface area contributed by atoms with Crippen molar-refractivity contribution in [1.82, 2.24) is 4.98 Å². The summed E-state index contributed by atoms with van der Waals surface area (Å²) in [6, 6.07) is 12.8. The lowest BCUT2D eigenvalue weighted by atomic mass is 10.1. The lowest BCUT2D eigenvalue weighted by molar-refractivity contribution is 0.102. The van der Waals surface area contributed by atoms with Crippen molar-refractivity contribution in [2.24, 2.45) is 0 Å². The fourth-order valence-electron chi connectivity index (χ4n) is 2.61. The largest absolute Gasteiger partial charge is 0.322 e. The van der Waals surface area contributed by atoms with Gasteiger partial charge in [-0.1, -0.05) is 36.7 Å². The zero-order valence-corrected chi connectivity index (χ0v) is 15.8. The zero-order valence-electron chi connectivity index (χ0n) is 15.0.